The van der Waals surface area contributed by atoms with E-state index in [1.54, 1.807) is 31.2 Å². The molecule has 1 atom stereocenters. The van der Waals surface area contributed by atoms with E-state index in [1.165, 1.54) is 6.20 Å². The number of halogens is 1. The van der Waals surface area contributed by atoms with Gasteiger partial charge in [0.2, 0.25) is 5.91 Å². The average molecular weight is 369 g/mol. The number of rotatable bonds is 4. The summed E-state index contributed by atoms with van der Waals surface area (Å²) in [5.74, 6) is -0.369. The molecule has 0 aliphatic carbocycles. The van der Waals surface area contributed by atoms with Crippen molar-refractivity contribution in [2.75, 3.05) is 5.32 Å². The van der Waals surface area contributed by atoms with Gasteiger partial charge >= 0.3 is 5.69 Å². The number of nitrogens with zero attached hydrogens (tertiary/aromatic N) is 3. The second-order valence-corrected chi connectivity index (χ2v) is 6.34. The second kappa shape index (κ2) is 7.49. The van der Waals surface area contributed by atoms with Gasteiger partial charge in [0.25, 0.3) is 0 Å². The van der Waals surface area contributed by atoms with Gasteiger partial charge in [0, 0.05) is 16.3 Å². The fraction of sp³-hybridized carbons (Fsp3) is 0.158. The molecule has 0 spiro atoms. The highest BCUT2D eigenvalue weighted by atomic mass is 35.5. The Hall–Kier alpha value is -2.99. The number of aryl methyl sites for hydroxylation is 1. The van der Waals surface area contributed by atoms with Crippen molar-refractivity contribution in [2.45, 2.75) is 19.9 Å². The Balaban J connectivity index is 1.79. The molecule has 1 aromatic heterocycles. The highest BCUT2D eigenvalue weighted by Crippen LogP contribution is 2.17. The highest BCUT2D eigenvalue weighted by molar-refractivity contribution is 6.30. The van der Waals surface area contributed by atoms with Crippen molar-refractivity contribution in [3.05, 3.63) is 75.8 Å². The van der Waals surface area contributed by atoms with Crippen molar-refractivity contribution < 1.29 is 4.79 Å². The van der Waals surface area contributed by atoms with Crippen molar-refractivity contribution in [2.24, 2.45) is 0 Å². The SMILES string of the molecule is Cc1ccc(-c2cnn(C(C)C(=O)Nc3ccc(Cl)cc3)c(=O)n2)cc1. The van der Waals surface area contributed by atoms with Crippen molar-refractivity contribution in [3.8, 4) is 11.3 Å². The summed E-state index contributed by atoms with van der Waals surface area (Å²) in [5, 5.41) is 7.41. The lowest BCUT2D eigenvalue weighted by atomic mass is 10.1. The summed E-state index contributed by atoms with van der Waals surface area (Å²) in [7, 11) is 0. The number of hydrogen-bond donors (Lipinski definition) is 1. The molecule has 26 heavy (non-hydrogen) atoms. The van der Waals surface area contributed by atoms with Gasteiger partial charge in [-0.2, -0.15) is 10.1 Å². The van der Waals surface area contributed by atoms with Crippen molar-refractivity contribution in [3.63, 3.8) is 0 Å². The lowest BCUT2D eigenvalue weighted by molar-refractivity contribution is -0.119. The van der Waals surface area contributed by atoms with Crippen LogP contribution in [0.15, 0.2) is 59.5 Å². The summed E-state index contributed by atoms with van der Waals surface area (Å²) >= 11 is 5.82. The zero-order valence-corrected chi connectivity index (χ0v) is 15.1. The van der Waals surface area contributed by atoms with Crippen LogP contribution < -0.4 is 11.0 Å². The van der Waals surface area contributed by atoms with Crippen LogP contribution in [-0.2, 0) is 4.79 Å². The molecule has 1 heterocycles. The minimum absolute atomic E-state index is 0.369. The van der Waals surface area contributed by atoms with Crippen molar-refractivity contribution >= 4 is 23.2 Å². The smallest absolute Gasteiger partial charge is 0.324 e. The molecule has 0 fully saturated rings. The van der Waals surface area contributed by atoms with Gasteiger partial charge in [0.1, 0.15) is 6.04 Å². The second-order valence-electron chi connectivity index (χ2n) is 5.91. The number of anilines is 1. The van der Waals surface area contributed by atoms with Gasteiger partial charge in [-0.05, 0) is 38.1 Å². The first-order valence-corrected chi connectivity index (χ1v) is 8.41. The Morgan fingerprint density at radius 2 is 1.77 bits per heavy atom. The van der Waals surface area contributed by atoms with Crippen LogP contribution in [0.25, 0.3) is 11.3 Å². The lowest BCUT2D eigenvalue weighted by Crippen LogP contribution is -2.34. The molecule has 0 aliphatic heterocycles. The third kappa shape index (κ3) is 3.97. The summed E-state index contributed by atoms with van der Waals surface area (Å²) < 4.78 is 1.06. The molecule has 132 valence electrons. The highest BCUT2D eigenvalue weighted by Gasteiger charge is 2.18. The largest absolute Gasteiger partial charge is 0.365 e. The van der Waals surface area contributed by atoms with Gasteiger partial charge in [-0.1, -0.05) is 41.4 Å². The van der Waals surface area contributed by atoms with E-state index in [9.17, 15) is 9.59 Å². The van der Waals surface area contributed by atoms with E-state index in [1.807, 2.05) is 31.2 Å². The number of nitrogens with one attached hydrogen (secondary N) is 1. The zero-order valence-electron chi connectivity index (χ0n) is 14.3. The molecule has 1 N–H and O–H groups in total. The first-order chi connectivity index (χ1) is 12.4. The third-order valence-electron chi connectivity index (χ3n) is 3.92. The molecule has 0 bridgehead atoms. The molecule has 7 heteroatoms. The standard InChI is InChI=1S/C19H17ClN4O2/c1-12-3-5-14(6-4-12)17-11-21-24(19(26)23-17)13(2)18(25)22-16-9-7-15(20)8-10-16/h3-11,13H,1-2H3,(H,22,25). The molecule has 1 unspecified atom stereocenters. The number of benzene rings is 2. The van der Waals surface area contributed by atoms with Crippen LogP contribution in [0.4, 0.5) is 5.69 Å². The zero-order chi connectivity index (χ0) is 18.7. The molecule has 2 aromatic carbocycles. The molecule has 0 radical (unpaired) electrons. The maximum atomic E-state index is 12.4. The van der Waals surface area contributed by atoms with Crippen LogP contribution in [0.3, 0.4) is 0 Å². The summed E-state index contributed by atoms with van der Waals surface area (Å²) in [4.78, 5) is 28.7. The van der Waals surface area contributed by atoms with Crippen LogP contribution in [0.2, 0.25) is 5.02 Å². The van der Waals surface area contributed by atoms with E-state index >= 15 is 0 Å². The Labute approximate surface area is 155 Å². The fourth-order valence-electron chi connectivity index (χ4n) is 2.37. The topological polar surface area (TPSA) is 76.9 Å². The molecule has 3 rings (SSSR count). The van der Waals surface area contributed by atoms with Gasteiger partial charge < -0.3 is 5.32 Å². The molecule has 0 aliphatic rings. The minimum atomic E-state index is -0.808. The first kappa shape index (κ1) is 17.8. The van der Waals surface area contributed by atoms with Crippen LogP contribution in [0.1, 0.15) is 18.5 Å². The molecular weight excluding hydrogens is 352 g/mol. The minimum Gasteiger partial charge on any atom is -0.324 e. The van der Waals surface area contributed by atoms with Crippen molar-refractivity contribution in [1.82, 2.24) is 14.8 Å². The Morgan fingerprint density at radius 1 is 1.12 bits per heavy atom. The lowest BCUT2D eigenvalue weighted by Gasteiger charge is -2.14. The van der Waals surface area contributed by atoms with Crippen LogP contribution in [-0.4, -0.2) is 20.7 Å². The molecule has 3 aromatic rings. The quantitative estimate of drug-likeness (QED) is 0.765. The summed E-state index contributed by atoms with van der Waals surface area (Å²) in [6.07, 6.45) is 1.48. The van der Waals surface area contributed by atoms with Crippen LogP contribution >= 0.6 is 11.6 Å². The average Bonchev–Trinajstić information content (AvgIpc) is 2.63. The Morgan fingerprint density at radius 3 is 2.38 bits per heavy atom. The van der Waals surface area contributed by atoms with Gasteiger partial charge in [-0.3, -0.25) is 4.79 Å². The number of carbonyl (C=O) groups is 1. The monoisotopic (exact) mass is 368 g/mol. The predicted molar refractivity (Wildman–Crippen MR) is 101 cm³/mol. The van der Waals surface area contributed by atoms with E-state index in [0.717, 1.165) is 15.8 Å². The molecule has 0 saturated carbocycles. The molecular formula is C19H17ClN4O2. The Kier molecular flexibility index (Phi) is 5.14. The number of hydrogen-bond acceptors (Lipinski definition) is 4. The Bertz CT molecular complexity index is 982. The van der Waals surface area contributed by atoms with Gasteiger partial charge in [0.05, 0.1) is 11.9 Å². The van der Waals surface area contributed by atoms with E-state index in [-0.39, 0.29) is 5.91 Å². The van der Waals surface area contributed by atoms with E-state index in [2.05, 4.69) is 15.4 Å². The number of carbonyl (C=O) groups excluding carboxylic acids is 1. The summed E-state index contributed by atoms with van der Waals surface area (Å²) in [6, 6.07) is 13.5. The van der Waals surface area contributed by atoms with E-state index in [4.69, 9.17) is 11.6 Å². The van der Waals surface area contributed by atoms with Crippen LogP contribution in [0.5, 0.6) is 0 Å². The molecule has 6 nitrogen and oxygen atoms in total. The molecule has 1 amide bonds. The molecule has 0 saturated heterocycles. The normalized spacial score (nSPS) is 11.8. The van der Waals surface area contributed by atoms with Crippen molar-refractivity contribution in [1.29, 1.82) is 0 Å². The third-order valence-corrected chi connectivity index (χ3v) is 4.17. The van der Waals surface area contributed by atoms with Crippen LogP contribution in [0, 0.1) is 6.92 Å². The summed E-state index contributed by atoms with van der Waals surface area (Å²) in [6.45, 7) is 3.57. The maximum absolute atomic E-state index is 12.4. The predicted octanol–water partition coefficient (Wildman–Crippen LogP) is 3.47. The fourth-order valence-corrected chi connectivity index (χ4v) is 2.50. The first-order valence-electron chi connectivity index (χ1n) is 8.03. The van der Waals surface area contributed by atoms with Gasteiger partial charge in [-0.25, -0.2) is 9.48 Å². The van der Waals surface area contributed by atoms with Gasteiger partial charge in [-0.15, -0.1) is 0 Å². The van der Waals surface area contributed by atoms with Gasteiger partial charge in [0.15, 0.2) is 0 Å². The van der Waals surface area contributed by atoms with E-state index in [0.29, 0.717) is 16.4 Å². The number of amides is 1. The van der Waals surface area contributed by atoms with E-state index < -0.39 is 11.7 Å². The number of aromatic nitrogens is 3. The maximum Gasteiger partial charge on any atom is 0.365 e. The summed E-state index contributed by atoms with van der Waals surface area (Å²) in [5.41, 5.74) is 2.38.